The molecular formula is C13H19ClN2O3. The van der Waals surface area contributed by atoms with Crippen LogP contribution in [0.25, 0.3) is 0 Å². The molecule has 0 aromatic heterocycles. The molecule has 5 nitrogen and oxygen atoms in total. The second kappa shape index (κ2) is 6.96. The van der Waals surface area contributed by atoms with Gasteiger partial charge in [0.25, 0.3) is 0 Å². The quantitative estimate of drug-likeness (QED) is 0.892. The first kappa shape index (κ1) is 14.4. The molecule has 0 radical (unpaired) electrons. The van der Waals surface area contributed by atoms with Crippen LogP contribution in [0.5, 0.6) is 11.5 Å². The van der Waals surface area contributed by atoms with E-state index in [-0.39, 0.29) is 0 Å². The van der Waals surface area contributed by atoms with Crippen molar-refractivity contribution in [1.29, 1.82) is 0 Å². The molecule has 0 aliphatic carbocycles. The zero-order chi connectivity index (χ0) is 13.7. The molecule has 1 heterocycles. The van der Waals surface area contributed by atoms with Gasteiger partial charge in [0, 0.05) is 19.6 Å². The molecule has 1 fully saturated rings. The highest BCUT2D eigenvalue weighted by Gasteiger charge is 2.13. The van der Waals surface area contributed by atoms with Crippen molar-refractivity contribution in [2.75, 3.05) is 40.5 Å². The molecule has 1 saturated heterocycles. The number of ether oxygens (including phenoxy) is 3. The summed E-state index contributed by atoms with van der Waals surface area (Å²) in [5.41, 5.74) is 4.40. The third-order valence-electron chi connectivity index (χ3n) is 3.01. The number of halogens is 1. The lowest BCUT2D eigenvalue weighted by molar-refractivity contribution is 0.0105. The third-order valence-corrected chi connectivity index (χ3v) is 3.29. The van der Waals surface area contributed by atoms with Crippen LogP contribution < -0.4 is 14.9 Å². The molecule has 2 rings (SSSR count). The zero-order valence-electron chi connectivity index (χ0n) is 11.2. The Morgan fingerprint density at radius 3 is 2.63 bits per heavy atom. The van der Waals surface area contributed by atoms with E-state index in [0.717, 1.165) is 31.9 Å². The number of rotatable bonds is 5. The maximum atomic E-state index is 6.17. The van der Waals surface area contributed by atoms with Crippen molar-refractivity contribution < 1.29 is 14.2 Å². The van der Waals surface area contributed by atoms with Gasteiger partial charge in [-0.2, -0.15) is 0 Å². The number of hydrogen-bond donors (Lipinski definition) is 1. The largest absolute Gasteiger partial charge is 0.493 e. The summed E-state index contributed by atoms with van der Waals surface area (Å²) >= 11 is 6.17. The molecule has 0 atom stereocenters. The van der Waals surface area contributed by atoms with E-state index in [4.69, 9.17) is 25.8 Å². The van der Waals surface area contributed by atoms with Crippen LogP contribution in [0.3, 0.4) is 0 Å². The predicted octanol–water partition coefficient (Wildman–Crippen LogP) is 1.69. The summed E-state index contributed by atoms with van der Waals surface area (Å²) in [5.74, 6) is 1.22. The van der Waals surface area contributed by atoms with E-state index in [1.807, 2.05) is 12.1 Å². The number of nitrogens with one attached hydrogen (secondary N) is 1. The fourth-order valence-corrected chi connectivity index (χ4v) is 2.31. The normalized spacial score (nSPS) is 16.4. The number of morpholine rings is 1. The van der Waals surface area contributed by atoms with Crippen LogP contribution in [0.4, 0.5) is 0 Å². The summed E-state index contributed by atoms with van der Waals surface area (Å²) < 4.78 is 15.8. The lowest BCUT2D eigenvalue weighted by Crippen LogP contribution is -2.45. The van der Waals surface area contributed by atoms with E-state index in [1.54, 1.807) is 14.2 Å². The highest BCUT2D eigenvalue weighted by Crippen LogP contribution is 2.35. The van der Waals surface area contributed by atoms with Gasteiger partial charge < -0.3 is 14.2 Å². The first-order valence-electron chi connectivity index (χ1n) is 6.21. The SMILES string of the molecule is COc1cc(CNN2CCOCC2)cc(Cl)c1OC. The van der Waals surface area contributed by atoms with Crippen LogP contribution in [0.1, 0.15) is 5.56 Å². The van der Waals surface area contributed by atoms with Crippen molar-refractivity contribution in [3.63, 3.8) is 0 Å². The van der Waals surface area contributed by atoms with E-state index in [2.05, 4.69) is 10.4 Å². The van der Waals surface area contributed by atoms with Crippen molar-refractivity contribution in [3.05, 3.63) is 22.7 Å². The Kier molecular flexibility index (Phi) is 5.27. The van der Waals surface area contributed by atoms with E-state index in [0.29, 0.717) is 23.1 Å². The van der Waals surface area contributed by atoms with Gasteiger partial charge in [0.2, 0.25) is 0 Å². The highest BCUT2D eigenvalue weighted by atomic mass is 35.5. The van der Waals surface area contributed by atoms with Gasteiger partial charge in [-0.3, -0.25) is 5.43 Å². The molecule has 0 bridgehead atoms. The van der Waals surface area contributed by atoms with Crippen LogP contribution in [-0.2, 0) is 11.3 Å². The molecule has 6 heteroatoms. The van der Waals surface area contributed by atoms with Crippen molar-refractivity contribution in [2.24, 2.45) is 0 Å². The lowest BCUT2D eigenvalue weighted by atomic mass is 10.2. The average molecular weight is 287 g/mol. The van der Waals surface area contributed by atoms with Crippen LogP contribution in [0, 0.1) is 0 Å². The zero-order valence-corrected chi connectivity index (χ0v) is 12.0. The lowest BCUT2D eigenvalue weighted by Gasteiger charge is -2.27. The highest BCUT2D eigenvalue weighted by molar-refractivity contribution is 6.32. The van der Waals surface area contributed by atoms with E-state index >= 15 is 0 Å². The Balaban J connectivity index is 2.01. The molecule has 0 saturated carbocycles. The Labute approximate surface area is 118 Å². The monoisotopic (exact) mass is 286 g/mol. The summed E-state index contributed by atoms with van der Waals surface area (Å²) in [5, 5.41) is 2.70. The molecule has 106 valence electrons. The van der Waals surface area contributed by atoms with Crippen LogP contribution in [-0.4, -0.2) is 45.5 Å². The summed E-state index contributed by atoms with van der Waals surface area (Å²) in [4.78, 5) is 0. The van der Waals surface area contributed by atoms with E-state index in [9.17, 15) is 0 Å². The Hall–Kier alpha value is -1.01. The summed E-state index contributed by atoms with van der Waals surface area (Å²) in [6.45, 7) is 4.00. The van der Waals surface area contributed by atoms with Gasteiger partial charge in [0.05, 0.1) is 32.5 Å². The van der Waals surface area contributed by atoms with Crippen LogP contribution >= 0.6 is 11.6 Å². The smallest absolute Gasteiger partial charge is 0.179 e. The van der Waals surface area contributed by atoms with Gasteiger partial charge in [0.1, 0.15) is 0 Å². The fourth-order valence-electron chi connectivity index (χ4n) is 2.00. The second-order valence-electron chi connectivity index (χ2n) is 4.25. The predicted molar refractivity (Wildman–Crippen MR) is 73.8 cm³/mol. The fraction of sp³-hybridized carbons (Fsp3) is 0.538. The molecule has 1 aliphatic rings. The molecule has 1 N–H and O–H groups in total. The van der Waals surface area contributed by atoms with Gasteiger partial charge in [-0.25, -0.2) is 5.01 Å². The number of methoxy groups -OCH3 is 2. The number of benzene rings is 1. The van der Waals surface area contributed by atoms with Crippen molar-refractivity contribution in [2.45, 2.75) is 6.54 Å². The molecule has 1 aliphatic heterocycles. The molecular weight excluding hydrogens is 268 g/mol. The summed E-state index contributed by atoms with van der Waals surface area (Å²) in [6.07, 6.45) is 0. The molecule has 1 aromatic carbocycles. The summed E-state index contributed by atoms with van der Waals surface area (Å²) in [7, 11) is 3.18. The Morgan fingerprint density at radius 1 is 1.26 bits per heavy atom. The van der Waals surface area contributed by atoms with Crippen LogP contribution in [0.2, 0.25) is 5.02 Å². The molecule has 0 unspecified atom stereocenters. The number of nitrogens with zero attached hydrogens (tertiary/aromatic N) is 1. The van der Waals surface area contributed by atoms with Gasteiger partial charge in [-0.1, -0.05) is 11.6 Å². The van der Waals surface area contributed by atoms with Gasteiger partial charge >= 0.3 is 0 Å². The minimum atomic E-state index is 0.556. The third kappa shape index (κ3) is 3.73. The van der Waals surface area contributed by atoms with Gasteiger partial charge in [-0.05, 0) is 17.7 Å². The minimum absolute atomic E-state index is 0.556. The van der Waals surface area contributed by atoms with E-state index in [1.165, 1.54) is 0 Å². The first-order valence-corrected chi connectivity index (χ1v) is 6.59. The maximum Gasteiger partial charge on any atom is 0.179 e. The average Bonchev–Trinajstić information content (AvgIpc) is 2.45. The standard InChI is InChI=1S/C13H19ClN2O3/c1-17-12-8-10(7-11(14)13(12)18-2)9-15-16-3-5-19-6-4-16/h7-8,15H,3-6,9H2,1-2H3. The van der Waals surface area contributed by atoms with Crippen LogP contribution in [0.15, 0.2) is 12.1 Å². The Morgan fingerprint density at radius 2 is 2.00 bits per heavy atom. The maximum absolute atomic E-state index is 6.17. The molecule has 0 spiro atoms. The first-order chi connectivity index (χ1) is 9.24. The van der Waals surface area contributed by atoms with Crippen molar-refractivity contribution >= 4 is 11.6 Å². The Bertz CT molecular complexity index is 423. The topological polar surface area (TPSA) is 43.0 Å². The van der Waals surface area contributed by atoms with Crippen molar-refractivity contribution in [1.82, 2.24) is 10.4 Å². The van der Waals surface area contributed by atoms with E-state index < -0.39 is 0 Å². The molecule has 1 aromatic rings. The molecule has 19 heavy (non-hydrogen) atoms. The number of hydrazine groups is 1. The van der Waals surface area contributed by atoms with Crippen molar-refractivity contribution in [3.8, 4) is 11.5 Å². The number of hydrogen-bond acceptors (Lipinski definition) is 5. The minimum Gasteiger partial charge on any atom is -0.493 e. The molecule has 0 amide bonds. The van der Waals surface area contributed by atoms with Gasteiger partial charge in [0.15, 0.2) is 11.5 Å². The summed E-state index contributed by atoms with van der Waals surface area (Å²) in [6, 6.07) is 3.81. The second-order valence-corrected chi connectivity index (χ2v) is 4.65. The van der Waals surface area contributed by atoms with Gasteiger partial charge in [-0.15, -0.1) is 0 Å².